The number of aromatic nitrogens is 3. The number of ether oxygens (including phenoxy) is 1. The minimum atomic E-state index is -0.0297. The first-order chi connectivity index (χ1) is 14.0. The molecule has 0 spiro atoms. The first kappa shape index (κ1) is 21.2. The fourth-order valence-corrected chi connectivity index (χ4v) is 3.74. The predicted molar refractivity (Wildman–Crippen MR) is 116 cm³/mol. The number of thioether (sulfide) groups is 1. The number of hydrogen-bond donors (Lipinski definition) is 1. The SMILES string of the molecule is COc1ccc(CCC(C)NC(=O)CSc2nncn2-c2cccc(Cl)c2)cc1. The summed E-state index contributed by atoms with van der Waals surface area (Å²) in [6.07, 6.45) is 3.37. The zero-order valence-electron chi connectivity index (χ0n) is 16.3. The average molecular weight is 431 g/mol. The fourth-order valence-electron chi connectivity index (χ4n) is 2.82. The molecule has 0 fully saturated rings. The van der Waals surface area contributed by atoms with Gasteiger partial charge in [0.2, 0.25) is 5.91 Å². The minimum absolute atomic E-state index is 0.0297. The molecule has 1 aromatic heterocycles. The first-order valence-corrected chi connectivity index (χ1v) is 10.6. The van der Waals surface area contributed by atoms with E-state index in [1.165, 1.54) is 17.3 Å². The van der Waals surface area contributed by atoms with Crippen molar-refractivity contribution in [3.05, 3.63) is 65.4 Å². The van der Waals surface area contributed by atoms with E-state index in [0.717, 1.165) is 24.3 Å². The van der Waals surface area contributed by atoms with Crippen LogP contribution in [0.4, 0.5) is 0 Å². The standard InChI is InChI=1S/C21H23ClN4O2S/c1-15(6-7-16-8-10-19(28-2)11-9-16)24-20(27)13-29-21-25-23-14-26(21)18-5-3-4-17(22)12-18/h3-5,8-12,14-15H,6-7,13H2,1-2H3,(H,24,27). The predicted octanol–water partition coefficient (Wildman–Crippen LogP) is 4.16. The van der Waals surface area contributed by atoms with Crippen molar-refractivity contribution in [1.29, 1.82) is 0 Å². The van der Waals surface area contributed by atoms with Crippen LogP contribution in [0, 0.1) is 0 Å². The molecule has 1 atom stereocenters. The van der Waals surface area contributed by atoms with Crippen LogP contribution in [0.5, 0.6) is 5.75 Å². The number of hydrogen-bond acceptors (Lipinski definition) is 5. The van der Waals surface area contributed by atoms with Gasteiger partial charge in [-0.2, -0.15) is 0 Å². The van der Waals surface area contributed by atoms with E-state index >= 15 is 0 Å². The number of rotatable bonds is 9. The maximum Gasteiger partial charge on any atom is 0.230 e. The maximum absolute atomic E-state index is 12.3. The lowest BCUT2D eigenvalue weighted by atomic mass is 10.1. The molecule has 0 aliphatic heterocycles. The van der Waals surface area contributed by atoms with Crippen LogP contribution in [0.25, 0.3) is 5.69 Å². The number of halogens is 1. The number of nitrogens with one attached hydrogen (secondary N) is 1. The molecule has 0 saturated heterocycles. The van der Waals surface area contributed by atoms with Crippen molar-refractivity contribution in [2.45, 2.75) is 31.0 Å². The highest BCUT2D eigenvalue weighted by Gasteiger charge is 2.12. The van der Waals surface area contributed by atoms with Gasteiger partial charge >= 0.3 is 0 Å². The quantitative estimate of drug-likeness (QED) is 0.516. The summed E-state index contributed by atoms with van der Waals surface area (Å²) >= 11 is 7.40. The maximum atomic E-state index is 12.3. The largest absolute Gasteiger partial charge is 0.497 e. The third-order valence-corrected chi connectivity index (χ3v) is 5.55. The van der Waals surface area contributed by atoms with Gasteiger partial charge in [-0.1, -0.05) is 41.6 Å². The van der Waals surface area contributed by atoms with Crippen molar-refractivity contribution in [3.8, 4) is 11.4 Å². The molecule has 152 valence electrons. The Kier molecular flexibility index (Phi) is 7.55. The third kappa shape index (κ3) is 6.24. The molecule has 1 heterocycles. The van der Waals surface area contributed by atoms with Crippen molar-refractivity contribution in [3.63, 3.8) is 0 Å². The fraction of sp³-hybridized carbons (Fsp3) is 0.286. The van der Waals surface area contributed by atoms with Crippen LogP contribution in [0.15, 0.2) is 60.0 Å². The van der Waals surface area contributed by atoms with Crippen LogP contribution in [0.3, 0.4) is 0 Å². The van der Waals surface area contributed by atoms with Crippen LogP contribution in [-0.4, -0.2) is 39.6 Å². The van der Waals surface area contributed by atoms with Crippen LogP contribution >= 0.6 is 23.4 Å². The lowest BCUT2D eigenvalue weighted by Gasteiger charge is -2.14. The molecule has 29 heavy (non-hydrogen) atoms. The highest BCUT2D eigenvalue weighted by atomic mass is 35.5. The summed E-state index contributed by atoms with van der Waals surface area (Å²) in [5.74, 6) is 1.09. The van der Waals surface area contributed by atoms with Crippen molar-refractivity contribution < 1.29 is 9.53 Å². The molecular formula is C21H23ClN4O2S. The van der Waals surface area contributed by atoms with Crippen LogP contribution in [0.1, 0.15) is 18.9 Å². The highest BCUT2D eigenvalue weighted by Crippen LogP contribution is 2.21. The summed E-state index contributed by atoms with van der Waals surface area (Å²) in [4.78, 5) is 12.3. The molecule has 0 radical (unpaired) electrons. The van der Waals surface area contributed by atoms with Gasteiger partial charge < -0.3 is 10.1 Å². The van der Waals surface area contributed by atoms with E-state index in [2.05, 4.69) is 15.5 Å². The number of carbonyl (C=O) groups is 1. The molecular weight excluding hydrogens is 408 g/mol. The zero-order valence-corrected chi connectivity index (χ0v) is 17.9. The van der Waals surface area contributed by atoms with Crippen molar-refractivity contribution >= 4 is 29.3 Å². The minimum Gasteiger partial charge on any atom is -0.497 e. The van der Waals surface area contributed by atoms with Gasteiger partial charge in [0, 0.05) is 11.1 Å². The van der Waals surface area contributed by atoms with Gasteiger partial charge in [-0.05, 0) is 55.7 Å². The van der Waals surface area contributed by atoms with Gasteiger partial charge in [-0.15, -0.1) is 10.2 Å². The third-order valence-electron chi connectivity index (χ3n) is 4.37. The van der Waals surface area contributed by atoms with E-state index in [1.807, 2.05) is 60.0 Å². The topological polar surface area (TPSA) is 69.0 Å². The molecule has 8 heteroatoms. The Hall–Kier alpha value is -2.51. The molecule has 3 aromatic rings. The van der Waals surface area contributed by atoms with Gasteiger partial charge in [0.15, 0.2) is 5.16 Å². The summed E-state index contributed by atoms with van der Waals surface area (Å²) in [5.41, 5.74) is 2.08. The van der Waals surface area contributed by atoms with E-state index in [4.69, 9.17) is 16.3 Å². The monoisotopic (exact) mass is 430 g/mol. The van der Waals surface area contributed by atoms with Crippen molar-refractivity contribution in [2.24, 2.45) is 0 Å². The lowest BCUT2D eigenvalue weighted by Crippen LogP contribution is -2.34. The van der Waals surface area contributed by atoms with E-state index in [9.17, 15) is 4.79 Å². The highest BCUT2D eigenvalue weighted by molar-refractivity contribution is 7.99. The van der Waals surface area contributed by atoms with Gasteiger partial charge in [-0.3, -0.25) is 9.36 Å². The second-order valence-corrected chi connectivity index (χ2v) is 7.99. The second kappa shape index (κ2) is 10.3. The van der Waals surface area contributed by atoms with E-state index in [0.29, 0.717) is 10.2 Å². The smallest absolute Gasteiger partial charge is 0.230 e. The Bertz CT molecular complexity index is 946. The van der Waals surface area contributed by atoms with Gasteiger partial charge in [-0.25, -0.2) is 0 Å². The second-order valence-electron chi connectivity index (χ2n) is 6.61. The molecule has 1 amide bonds. The van der Waals surface area contributed by atoms with Gasteiger partial charge in [0.05, 0.1) is 18.6 Å². The van der Waals surface area contributed by atoms with Crippen LogP contribution in [-0.2, 0) is 11.2 Å². The Morgan fingerprint density at radius 3 is 2.79 bits per heavy atom. The molecule has 0 aliphatic carbocycles. The number of carbonyl (C=O) groups excluding carboxylic acids is 1. The number of amides is 1. The van der Waals surface area contributed by atoms with E-state index < -0.39 is 0 Å². The zero-order chi connectivity index (χ0) is 20.6. The molecule has 1 N–H and O–H groups in total. The summed E-state index contributed by atoms with van der Waals surface area (Å²) in [6, 6.07) is 15.5. The molecule has 3 rings (SSSR count). The molecule has 0 aliphatic rings. The number of nitrogens with zero attached hydrogens (tertiary/aromatic N) is 3. The number of aryl methyl sites for hydroxylation is 1. The molecule has 0 bridgehead atoms. The van der Waals surface area contributed by atoms with Gasteiger partial charge in [0.1, 0.15) is 12.1 Å². The normalized spacial score (nSPS) is 11.8. The molecule has 6 nitrogen and oxygen atoms in total. The summed E-state index contributed by atoms with van der Waals surface area (Å²) < 4.78 is 6.99. The Morgan fingerprint density at radius 2 is 2.07 bits per heavy atom. The van der Waals surface area contributed by atoms with Crippen LogP contribution < -0.4 is 10.1 Å². The van der Waals surface area contributed by atoms with E-state index in [-0.39, 0.29) is 17.7 Å². The average Bonchev–Trinajstić information content (AvgIpc) is 3.20. The molecule has 0 saturated carbocycles. The number of benzene rings is 2. The van der Waals surface area contributed by atoms with Gasteiger partial charge in [0.25, 0.3) is 0 Å². The summed E-state index contributed by atoms with van der Waals surface area (Å²) in [5, 5.41) is 12.4. The van der Waals surface area contributed by atoms with E-state index in [1.54, 1.807) is 13.4 Å². The van der Waals surface area contributed by atoms with Crippen LogP contribution in [0.2, 0.25) is 5.02 Å². The first-order valence-electron chi connectivity index (χ1n) is 9.26. The summed E-state index contributed by atoms with van der Waals surface area (Å²) in [7, 11) is 1.65. The number of methoxy groups -OCH3 is 1. The Labute approximate surface area is 179 Å². The Balaban J connectivity index is 1.47. The Morgan fingerprint density at radius 1 is 1.28 bits per heavy atom. The van der Waals surface area contributed by atoms with Crippen molar-refractivity contribution in [1.82, 2.24) is 20.1 Å². The molecule has 1 unspecified atom stereocenters. The summed E-state index contributed by atoms with van der Waals surface area (Å²) in [6.45, 7) is 2.01. The lowest BCUT2D eigenvalue weighted by molar-refractivity contribution is -0.119. The molecule has 2 aromatic carbocycles. The van der Waals surface area contributed by atoms with Crippen molar-refractivity contribution in [2.75, 3.05) is 12.9 Å².